The highest BCUT2D eigenvalue weighted by atomic mass is 35.5. The number of carbonyl (C=O) groups excluding carboxylic acids is 1. The van der Waals surface area contributed by atoms with Gasteiger partial charge in [0.05, 0.1) is 11.6 Å². The van der Waals surface area contributed by atoms with Crippen molar-refractivity contribution >= 4 is 35.1 Å². The summed E-state index contributed by atoms with van der Waals surface area (Å²) in [6.45, 7) is 8.06. The van der Waals surface area contributed by atoms with Crippen molar-refractivity contribution in [3.8, 4) is 5.75 Å². The van der Waals surface area contributed by atoms with Crippen molar-refractivity contribution < 1.29 is 18.7 Å². The molecule has 4 rings (SSSR count). The molecule has 0 atom stereocenters. The molecule has 0 saturated heterocycles. The first kappa shape index (κ1) is 24.4. The van der Waals surface area contributed by atoms with Crippen LogP contribution in [0.15, 0.2) is 12.3 Å². The quantitative estimate of drug-likeness (QED) is 0.463. The highest BCUT2D eigenvalue weighted by molar-refractivity contribution is 6.34. The molecule has 1 aliphatic carbocycles. The lowest BCUT2D eigenvalue weighted by atomic mass is 10.1. The second-order valence-corrected chi connectivity index (χ2v) is 8.93. The molecule has 1 aromatic heterocycles. The normalized spacial score (nSPS) is 15.8. The number of rotatable bonds is 10. The van der Waals surface area contributed by atoms with Crippen LogP contribution in [-0.4, -0.2) is 58.2 Å². The maximum absolute atomic E-state index is 14.7. The first-order chi connectivity index (χ1) is 16.3. The number of amides is 2. The van der Waals surface area contributed by atoms with Gasteiger partial charge in [-0.25, -0.2) is 18.6 Å². The van der Waals surface area contributed by atoms with Gasteiger partial charge >= 0.3 is 6.03 Å². The zero-order valence-electron chi connectivity index (χ0n) is 19.3. The molecule has 0 spiro atoms. The van der Waals surface area contributed by atoms with E-state index in [2.05, 4.69) is 34.0 Å². The van der Waals surface area contributed by atoms with Crippen LogP contribution in [0.4, 0.5) is 31.0 Å². The van der Waals surface area contributed by atoms with Gasteiger partial charge in [-0.1, -0.05) is 25.4 Å². The third-order valence-corrected chi connectivity index (χ3v) is 6.51. The average Bonchev–Trinajstić information content (AvgIpc) is 3.65. The number of phenols is 1. The number of benzene rings is 1. The number of unbranched alkanes of at least 4 members (excludes halogenated alkanes) is 1. The number of hydrogen-bond acceptors (Lipinski definition) is 6. The molecule has 0 bridgehead atoms. The fraction of sp³-hybridized carbons (Fsp3) is 0.522. The van der Waals surface area contributed by atoms with Crippen molar-refractivity contribution in [3.63, 3.8) is 0 Å². The smallest absolute Gasteiger partial charge is 0.330 e. The van der Waals surface area contributed by atoms with Crippen molar-refractivity contribution in [2.75, 3.05) is 41.3 Å². The molecule has 2 aliphatic rings. The topological polar surface area (TPSA) is 84.8 Å². The van der Waals surface area contributed by atoms with E-state index in [1.165, 1.54) is 4.90 Å². The zero-order chi connectivity index (χ0) is 24.4. The van der Waals surface area contributed by atoms with Crippen molar-refractivity contribution in [2.24, 2.45) is 0 Å². The van der Waals surface area contributed by atoms with Gasteiger partial charge in [0, 0.05) is 24.3 Å². The van der Waals surface area contributed by atoms with E-state index in [1.54, 1.807) is 6.20 Å². The molecule has 11 heteroatoms. The molecular formula is C23H29ClF2N6O2. The van der Waals surface area contributed by atoms with E-state index in [4.69, 9.17) is 11.6 Å². The summed E-state index contributed by atoms with van der Waals surface area (Å²) >= 11 is 6.07. The molecule has 34 heavy (non-hydrogen) atoms. The molecule has 1 aromatic carbocycles. The Bertz CT molecular complexity index is 1060. The second-order valence-electron chi connectivity index (χ2n) is 8.52. The number of aromatic hydroxyl groups is 1. The summed E-state index contributed by atoms with van der Waals surface area (Å²) in [6.07, 6.45) is 5.20. The Balaban J connectivity index is 1.52. The van der Waals surface area contributed by atoms with Gasteiger partial charge in [0.15, 0.2) is 17.4 Å². The van der Waals surface area contributed by atoms with Gasteiger partial charge in [-0.15, -0.1) is 0 Å². The van der Waals surface area contributed by atoms with Crippen molar-refractivity contribution in [1.29, 1.82) is 0 Å². The third-order valence-electron chi connectivity index (χ3n) is 6.22. The van der Waals surface area contributed by atoms with Crippen LogP contribution < -0.4 is 15.1 Å². The van der Waals surface area contributed by atoms with Crippen molar-refractivity contribution in [2.45, 2.75) is 52.1 Å². The average molecular weight is 495 g/mol. The lowest BCUT2D eigenvalue weighted by molar-refractivity contribution is 0.249. The summed E-state index contributed by atoms with van der Waals surface area (Å²) in [4.78, 5) is 27.3. The van der Waals surface area contributed by atoms with Crippen LogP contribution >= 0.6 is 11.6 Å². The fourth-order valence-corrected chi connectivity index (χ4v) is 4.40. The van der Waals surface area contributed by atoms with Gasteiger partial charge in [-0.2, -0.15) is 4.98 Å². The predicted molar refractivity (Wildman–Crippen MR) is 128 cm³/mol. The molecule has 1 aliphatic heterocycles. The summed E-state index contributed by atoms with van der Waals surface area (Å²) in [7, 11) is 0. The summed E-state index contributed by atoms with van der Waals surface area (Å²) in [6, 6.07) is 0.205. The zero-order valence-corrected chi connectivity index (χ0v) is 20.1. The number of phenolic OH excluding ortho intramolecular Hbond substituents is 1. The number of aromatic nitrogens is 2. The molecule has 8 nitrogen and oxygen atoms in total. The number of halogens is 3. The van der Waals surface area contributed by atoms with E-state index in [0.717, 1.165) is 56.3 Å². The van der Waals surface area contributed by atoms with Gasteiger partial charge in [0.25, 0.3) is 0 Å². The number of nitrogens with one attached hydrogen (secondary N) is 1. The van der Waals surface area contributed by atoms with Gasteiger partial charge in [0.1, 0.15) is 11.5 Å². The number of hydrogen-bond donors (Lipinski definition) is 2. The van der Waals surface area contributed by atoms with E-state index in [0.29, 0.717) is 23.9 Å². The minimum Gasteiger partial charge on any atom is -0.503 e. The van der Waals surface area contributed by atoms with E-state index >= 15 is 0 Å². The largest absolute Gasteiger partial charge is 0.503 e. The van der Waals surface area contributed by atoms with Gasteiger partial charge in [-0.3, -0.25) is 9.80 Å². The van der Waals surface area contributed by atoms with Crippen LogP contribution in [0.2, 0.25) is 5.02 Å². The number of carbonyl (C=O) groups is 1. The van der Waals surface area contributed by atoms with Gasteiger partial charge in [-0.05, 0) is 51.4 Å². The minimum absolute atomic E-state index is 0.0523. The first-order valence-electron chi connectivity index (χ1n) is 11.6. The molecule has 184 valence electrons. The van der Waals surface area contributed by atoms with Crippen LogP contribution in [-0.2, 0) is 6.54 Å². The Labute approximate surface area is 202 Å². The molecule has 1 fully saturated rings. The standard InChI is InChI=1S/C23H29ClF2N6O2/c1-3-30(4-2)10-6-5-9-27-22-28-12-14-13-31(19-16(24)11-17(25)20(33)18(19)26)23(34)32(15-7-8-15)21(14)29-22/h11-12,15,33H,3-10,13H2,1-2H3,(H,27,28,29). The van der Waals surface area contributed by atoms with Crippen LogP contribution in [0.5, 0.6) is 5.75 Å². The van der Waals surface area contributed by atoms with Crippen LogP contribution in [0.25, 0.3) is 0 Å². The number of anilines is 3. The fourth-order valence-electron chi connectivity index (χ4n) is 4.12. The highest BCUT2D eigenvalue weighted by Crippen LogP contribution is 2.43. The molecule has 1 saturated carbocycles. The lowest BCUT2D eigenvalue weighted by Gasteiger charge is -2.36. The third kappa shape index (κ3) is 4.88. The maximum atomic E-state index is 14.7. The van der Waals surface area contributed by atoms with Crippen molar-refractivity contribution in [1.82, 2.24) is 14.9 Å². The van der Waals surface area contributed by atoms with Crippen LogP contribution in [0, 0.1) is 11.6 Å². The van der Waals surface area contributed by atoms with Crippen LogP contribution in [0.3, 0.4) is 0 Å². The summed E-state index contributed by atoms with van der Waals surface area (Å²) < 4.78 is 28.4. The molecule has 2 heterocycles. The maximum Gasteiger partial charge on any atom is 0.330 e. The van der Waals surface area contributed by atoms with Gasteiger partial charge in [0.2, 0.25) is 5.95 Å². The summed E-state index contributed by atoms with van der Waals surface area (Å²) in [5.41, 5.74) is 0.245. The second kappa shape index (κ2) is 10.3. The molecule has 0 unspecified atom stereocenters. The number of urea groups is 1. The first-order valence-corrected chi connectivity index (χ1v) is 12.0. The highest BCUT2D eigenvalue weighted by Gasteiger charge is 2.43. The Morgan fingerprint density at radius 3 is 2.68 bits per heavy atom. The lowest BCUT2D eigenvalue weighted by Crippen LogP contribution is -2.49. The Morgan fingerprint density at radius 1 is 1.26 bits per heavy atom. The number of fused-ring (bicyclic) bond motifs is 1. The SMILES string of the molecule is CCN(CC)CCCCNc1ncc2c(n1)N(C1CC1)C(=O)N(c1c(Cl)cc(F)c(O)c1F)C2. The molecule has 2 amide bonds. The molecule has 0 radical (unpaired) electrons. The van der Waals surface area contributed by atoms with E-state index in [-0.39, 0.29) is 23.3 Å². The molecule has 2 aromatic rings. The minimum atomic E-state index is -1.28. The Hall–Kier alpha value is -2.72. The molecular weight excluding hydrogens is 466 g/mol. The summed E-state index contributed by atoms with van der Waals surface area (Å²) in [5.74, 6) is -2.73. The molecule has 2 N–H and O–H groups in total. The predicted octanol–water partition coefficient (Wildman–Crippen LogP) is 4.76. The monoisotopic (exact) mass is 494 g/mol. The van der Waals surface area contributed by atoms with Crippen molar-refractivity contribution in [3.05, 3.63) is 34.5 Å². The van der Waals surface area contributed by atoms with E-state index < -0.39 is 23.4 Å². The Kier molecular flexibility index (Phi) is 7.37. The van der Waals surface area contributed by atoms with E-state index in [9.17, 15) is 18.7 Å². The Morgan fingerprint density at radius 2 is 2.00 bits per heavy atom. The van der Waals surface area contributed by atoms with E-state index in [1.807, 2.05) is 0 Å². The van der Waals surface area contributed by atoms with Crippen LogP contribution in [0.1, 0.15) is 45.1 Å². The van der Waals surface area contributed by atoms with Gasteiger partial charge < -0.3 is 15.3 Å². The summed E-state index contributed by atoms with van der Waals surface area (Å²) in [5, 5.41) is 12.7. The number of nitrogens with zero attached hydrogens (tertiary/aromatic N) is 5.